The number of rotatable bonds is 8. The van der Waals surface area contributed by atoms with Crippen LogP contribution in [0, 0.1) is 5.92 Å². The molecule has 1 saturated heterocycles. The highest BCUT2D eigenvalue weighted by Crippen LogP contribution is 2.21. The Hall–Kier alpha value is -1.69. The molecule has 144 valence electrons. The summed E-state index contributed by atoms with van der Waals surface area (Å²) in [6, 6.07) is 10.5. The van der Waals surface area contributed by atoms with Crippen molar-refractivity contribution in [3.8, 4) is 0 Å². The summed E-state index contributed by atoms with van der Waals surface area (Å²) in [4.78, 5) is 20.0. The van der Waals surface area contributed by atoms with Crippen molar-refractivity contribution in [2.75, 3.05) is 39.0 Å². The van der Waals surface area contributed by atoms with Crippen LogP contribution in [0.3, 0.4) is 0 Å². The van der Waals surface area contributed by atoms with Crippen LogP contribution in [0.5, 0.6) is 0 Å². The number of likely N-dealkylation sites (tertiary alicyclic amines) is 1. The summed E-state index contributed by atoms with van der Waals surface area (Å²) >= 11 is 1.89. The minimum Gasteiger partial charge on any atom is -0.359 e. The van der Waals surface area contributed by atoms with Gasteiger partial charge in [0.25, 0.3) is 0 Å². The van der Waals surface area contributed by atoms with Gasteiger partial charge in [-0.3, -0.25) is 9.79 Å². The number of carbonyl (C=O) groups excluding carboxylic acids is 1. The number of thioether (sulfide) groups is 1. The predicted octanol–water partition coefficient (Wildman–Crippen LogP) is 2.98. The number of nitrogens with one attached hydrogen (secondary N) is 2. The fourth-order valence-corrected chi connectivity index (χ4v) is 3.95. The molecule has 0 bridgehead atoms. The maximum Gasteiger partial charge on any atom is 0.220 e. The fourth-order valence-electron chi connectivity index (χ4n) is 3.10. The van der Waals surface area contributed by atoms with Gasteiger partial charge in [-0.05, 0) is 50.0 Å². The summed E-state index contributed by atoms with van der Waals surface area (Å²) in [5.74, 6) is 2.76. The zero-order valence-corrected chi connectivity index (χ0v) is 16.9. The van der Waals surface area contributed by atoms with E-state index in [0.29, 0.717) is 12.3 Å². The number of benzene rings is 1. The van der Waals surface area contributed by atoms with Crippen LogP contribution in [-0.2, 0) is 4.79 Å². The quantitative estimate of drug-likeness (QED) is 0.317. The molecule has 0 spiro atoms. The van der Waals surface area contributed by atoms with Crippen molar-refractivity contribution in [1.82, 2.24) is 15.5 Å². The summed E-state index contributed by atoms with van der Waals surface area (Å²) in [6.07, 6.45) is 3.83. The molecule has 1 heterocycles. The first-order valence-electron chi connectivity index (χ1n) is 9.64. The second-order valence-electron chi connectivity index (χ2n) is 6.56. The lowest BCUT2D eigenvalue weighted by Gasteiger charge is -2.34. The summed E-state index contributed by atoms with van der Waals surface area (Å²) in [5.41, 5.74) is 0. The molecule has 1 amide bonds. The van der Waals surface area contributed by atoms with Gasteiger partial charge in [0.15, 0.2) is 5.96 Å². The molecule has 6 heteroatoms. The summed E-state index contributed by atoms with van der Waals surface area (Å²) in [6.45, 7) is 5.80. The second kappa shape index (κ2) is 11.8. The van der Waals surface area contributed by atoms with Crippen molar-refractivity contribution in [1.29, 1.82) is 0 Å². The van der Waals surface area contributed by atoms with E-state index in [1.807, 2.05) is 11.8 Å². The highest BCUT2D eigenvalue weighted by Gasteiger charge is 2.22. The Kier molecular flexibility index (Phi) is 9.39. The molecule has 26 heavy (non-hydrogen) atoms. The van der Waals surface area contributed by atoms with Crippen LogP contribution < -0.4 is 10.6 Å². The van der Waals surface area contributed by atoms with Crippen molar-refractivity contribution in [3.63, 3.8) is 0 Å². The molecule has 1 aromatic rings. The summed E-state index contributed by atoms with van der Waals surface area (Å²) in [5, 5.41) is 6.15. The first-order valence-corrected chi connectivity index (χ1v) is 10.6. The van der Waals surface area contributed by atoms with Crippen molar-refractivity contribution < 1.29 is 4.79 Å². The van der Waals surface area contributed by atoms with Gasteiger partial charge in [-0.2, -0.15) is 0 Å². The molecule has 1 aliphatic heterocycles. The number of amides is 1. The van der Waals surface area contributed by atoms with Crippen molar-refractivity contribution in [3.05, 3.63) is 30.3 Å². The fraction of sp³-hybridized carbons (Fsp3) is 0.600. The lowest BCUT2D eigenvalue weighted by Crippen LogP contribution is -2.46. The van der Waals surface area contributed by atoms with Gasteiger partial charge in [-0.25, -0.2) is 0 Å². The van der Waals surface area contributed by atoms with E-state index in [-0.39, 0.29) is 5.91 Å². The van der Waals surface area contributed by atoms with Crippen LogP contribution in [-0.4, -0.2) is 55.7 Å². The normalized spacial score (nSPS) is 15.8. The standard InChI is InChI=1S/C20H32N4OS/c1-3-22-20(23-12-7-15-26-18-8-5-4-6-9-18)24-13-10-17(11-14-24)16-19(25)21-2/h4-6,8-9,17H,3,7,10-16H2,1-2H3,(H,21,25)(H,22,23). The molecule has 0 atom stereocenters. The minimum atomic E-state index is 0.153. The van der Waals surface area contributed by atoms with Gasteiger partial charge >= 0.3 is 0 Å². The average Bonchev–Trinajstić information content (AvgIpc) is 2.68. The van der Waals surface area contributed by atoms with E-state index < -0.39 is 0 Å². The minimum absolute atomic E-state index is 0.153. The number of guanidine groups is 1. The van der Waals surface area contributed by atoms with E-state index in [4.69, 9.17) is 4.99 Å². The maximum atomic E-state index is 11.5. The molecule has 0 aliphatic carbocycles. The number of carbonyl (C=O) groups is 1. The Morgan fingerprint density at radius 3 is 2.65 bits per heavy atom. The average molecular weight is 377 g/mol. The van der Waals surface area contributed by atoms with Gasteiger partial charge in [-0.15, -0.1) is 11.8 Å². The third-order valence-corrected chi connectivity index (χ3v) is 5.68. The molecule has 1 aliphatic rings. The van der Waals surface area contributed by atoms with Gasteiger partial charge in [0.05, 0.1) is 0 Å². The number of hydrogen-bond donors (Lipinski definition) is 2. The van der Waals surface area contributed by atoms with Crippen molar-refractivity contribution in [2.45, 2.75) is 37.5 Å². The number of hydrogen-bond acceptors (Lipinski definition) is 3. The monoisotopic (exact) mass is 376 g/mol. The van der Waals surface area contributed by atoms with Gasteiger partial charge < -0.3 is 15.5 Å². The summed E-state index contributed by atoms with van der Waals surface area (Å²) in [7, 11) is 1.71. The van der Waals surface area contributed by atoms with E-state index in [2.05, 4.69) is 52.8 Å². The van der Waals surface area contributed by atoms with Gasteiger partial charge in [-0.1, -0.05) is 18.2 Å². The van der Waals surface area contributed by atoms with Gasteiger partial charge in [0.1, 0.15) is 0 Å². The molecule has 0 saturated carbocycles. The van der Waals surface area contributed by atoms with Crippen molar-refractivity contribution in [2.24, 2.45) is 10.9 Å². The molecular formula is C20H32N4OS. The third kappa shape index (κ3) is 7.28. The predicted molar refractivity (Wildman–Crippen MR) is 111 cm³/mol. The van der Waals surface area contributed by atoms with E-state index in [0.717, 1.165) is 57.2 Å². The molecule has 1 aromatic carbocycles. The maximum absolute atomic E-state index is 11.5. The lowest BCUT2D eigenvalue weighted by molar-refractivity contribution is -0.121. The largest absolute Gasteiger partial charge is 0.359 e. The Labute approximate surface area is 162 Å². The van der Waals surface area contributed by atoms with E-state index in [1.165, 1.54) is 4.90 Å². The molecule has 0 unspecified atom stereocenters. The Bertz CT molecular complexity index is 556. The Morgan fingerprint density at radius 1 is 1.27 bits per heavy atom. The van der Waals surface area contributed by atoms with Crippen LogP contribution in [0.4, 0.5) is 0 Å². The smallest absolute Gasteiger partial charge is 0.220 e. The van der Waals surface area contributed by atoms with Crippen LogP contribution in [0.25, 0.3) is 0 Å². The molecule has 2 N–H and O–H groups in total. The molecule has 0 aromatic heterocycles. The van der Waals surface area contributed by atoms with Crippen LogP contribution in [0.2, 0.25) is 0 Å². The first kappa shape index (κ1) is 20.6. The van der Waals surface area contributed by atoms with E-state index in [9.17, 15) is 4.79 Å². The van der Waals surface area contributed by atoms with Gasteiger partial charge in [0, 0.05) is 44.5 Å². The highest BCUT2D eigenvalue weighted by atomic mass is 32.2. The first-order chi connectivity index (χ1) is 12.7. The Balaban J connectivity index is 1.73. The molecule has 5 nitrogen and oxygen atoms in total. The molecule has 0 radical (unpaired) electrons. The highest BCUT2D eigenvalue weighted by molar-refractivity contribution is 7.99. The Morgan fingerprint density at radius 2 is 2.00 bits per heavy atom. The van der Waals surface area contributed by atoms with Gasteiger partial charge in [0.2, 0.25) is 5.91 Å². The topological polar surface area (TPSA) is 56.7 Å². The molecule has 1 fully saturated rings. The molecular weight excluding hydrogens is 344 g/mol. The van der Waals surface area contributed by atoms with E-state index >= 15 is 0 Å². The van der Waals surface area contributed by atoms with E-state index in [1.54, 1.807) is 7.05 Å². The molecule has 2 rings (SSSR count). The second-order valence-corrected chi connectivity index (χ2v) is 7.73. The lowest BCUT2D eigenvalue weighted by atomic mass is 9.93. The number of aliphatic imine (C=N–C) groups is 1. The third-order valence-electron chi connectivity index (χ3n) is 4.58. The van der Waals surface area contributed by atoms with Crippen LogP contribution in [0.15, 0.2) is 40.2 Å². The zero-order valence-electron chi connectivity index (χ0n) is 16.0. The zero-order chi connectivity index (χ0) is 18.6. The summed E-state index contributed by atoms with van der Waals surface area (Å²) < 4.78 is 0. The number of nitrogens with zero attached hydrogens (tertiary/aromatic N) is 2. The number of piperidine rings is 1. The SMILES string of the molecule is CCNC(=NCCCSc1ccccc1)N1CCC(CC(=O)NC)CC1. The van der Waals surface area contributed by atoms with Crippen LogP contribution >= 0.6 is 11.8 Å². The van der Waals surface area contributed by atoms with Crippen molar-refractivity contribution >= 4 is 23.6 Å². The van der Waals surface area contributed by atoms with Crippen LogP contribution in [0.1, 0.15) is 32.6 Å².